The third-order valence-electron chi connectivity index (χ3n) is 4.58. The first kappa shape index (κ1) is 13.2. The van der Waals surface area contributed by atoms with Crippen LogP contribution >= 0.6 is 11.6 Å². The summed E-state index contributed by atoms with van der Waals surface area (Å²) in [6.45, 7) is 3.04. The van der Waals surface area contributed by atoms with Crippen LogP contribution in [0.5, 0.6) is 0 Å². The van der Waals surface area contributed by atoms with Gasteiger partial charge in [-0.1, -0.05) is 31.2 Å². The van der Waals surface area contributed by atoms with Crippen LogP contribution in [0.4, 0.5) is 0 Å². The second-order valence-corrected chi connectivity index (χ2v) is 6.45. The van der Waals surface area contributed by atoms with Gasteiger partial charge in [-0.25, -0.2) is 0 Å². The third-order valence-corrected chi connectivity index (χ3v) is 5.08. The summed E-state index contributed by atoms with van der Waals surface area (Å²) in [5.41, 5.74) is 3.47. The molecule has 4 rings (SSSR count). The number of hydrogen-bond donors (Lipinski definition) is 1. The molecule has 1 aromatic heterocycles. The van der Waals surface area contributed by atoms with Crippen LogP contribution in [0.2, 0.25) is 0 Å². The molecule has 0 aliphatic carbocycles. The number of rotatable bonds is 2. The number of benzene rings is 2. The van der Waals surface area contributed by atoms with Crippen LogP contribution in [0, 0.1) is 5.92 Å². The Hall–Kier alpha value is -1.51. The van der Waals surface area contributed by atoms with E-state index in [0.717, 1.165) is 24.1 Å². The van der Waals surface area contributed by atoms with E-state index in [4.69, 9.17) is 16.3 Å². The highest BCUT2D eigenvalue weighted by atomic mass is 35.5. The summed E-state index contributed by atoms with van der Waals surface area (Å²) in [6.07, 6.45) is 1.22. The molecule has 3 heteroatoms. The molecule has 3 aromatic rings. The molecule has 2 heterocycles. The first-order valence-corrected chi connectivity index (χ1v) is 7.94. The van der Waals surface area contributed by atoms with Gasteiger partial charge in [-0.05, 0) is 36.1 Å². The first-order valence-electron chi connectivity index (χ1n) is 7.50. The summed E-state index contributed by atoms with van der Waals surface area (Å²) in [5.74, 6) is 0.520. The predicted octanol–water partition coefficient (Wildman–Crippen LogP) is 5.03. The Labute approximate surface area is 129 Å². The van der Waals surface area contributed by atoms with Gasteiger partial charge in [0.15, 0.2) is 0 Å². The van der Waals surface area contributed by atoms with Crippen LogP contribution in [0.15, 0.2) is 42.5 Å². The Morgan fingerprint density at radius 1 is 1.14 bits per heavy atom. The average Bonchev–Trinajstić information content (AvgIpc) is 3.09. The summed E-state index contributed by atoms with van der Waals surface area (Å²) in [5, 5.41) is 2.40. The summed E-state index contributed by atoms with van der Waals surface area (Å²) in [7, 11) is 0. The minimum atomic E-state index is -0.0828. The fourth-order valence-corrected chi connectivity index (χ4v) is 3.78. The predicted molar refractivity (Wildman–Crippen MR) is 87.9 cm³/mol. The largest absolute Gasteiger partial charge is 0.376 e. The van der Waals surface area contributed by atoms with Gasteiger partial charge in [0.05, 0.1) is 11.5 Å². The number of ether oxygens (including phenoxy) is 1. The number of fused-ring (bicyclic) bond motifs is 3. The van der Waals surface area contributed by atoms with Crippen molar-refractivity contribution in [2.45, 2.75) is 24.8 Å². The van der Waals surface area contributed by atoms with Crippen molar-refractivity contribution in [3.8, 4) is 0 Å². The third kappa shape index (κ3) is 2.14. The lowest BCUT2D eigenvalue weighted by molar-refractivity contribution is 0.0904. The molecule has 1 aliphatic rings. The Bertz CT molecular complexity index is 794. The van der Waals surface area contributed by atoms with E-state index < -0.39 is 0 Å². The topological polar surface area (TPSA) is 25.0 Å². The normalized spacial score (nSPS) is 23.9. The lowest BCUT2D eigenvalue weighted by atomic mass is 9.96. The summed E-state index contributed by atoms with van der Waals surface area (Å²) in [4.78, 5) is 3.45. The van der Waals surface area contributed by atoms with E-state index in [1.807, 2.05) is 0 Å². The van der Waals surface area contributed by atoms with Crippen molar-refractivity contribution in [3.63, 3.8) is 0 Å². The van der Waals surface area contributed by atoms with Gasteiger partial charge in [0.2, 0.25) is 0 Å². The lowest BCUT2D eigenvalue weighted by Crippen LogP contribution is -2.19. The Kier molecular flexibility index (Phi) is 3.16. The number of aromatic nitrogens is 1. The molecule has 1 saturated heterocycles. The summed E-state index contributed by atoms with van der Waals surface area (Å²) in [6, 6.07) is 14.8. The summed E-state index contributed by atoms with van der Waals surface area (Å²) >= 11 is 6.69. The van der Waals surface area contributed by atoms with Crippen LogP contribution in [-0.4, -0.2) is 17.7 Å². The standard InChI is InChI=1S/C18H18ClNO/c1-11-8-9-21-18(11)17(19)12-6-7-16-14(10-12)13-4-2-3-5-15(13)20-16/h2-7,10-11,17-18,20H,8-9H2,1H3. The number of H-pyrrole nitrogens is 1. The average molecular weight is 300 g/mol. The molecule has 0 bridgehead atoms. The monoisotopic (exact) mass is 299 g/mol. The highest BCUT2D eigenvalue weighted by Crippen LogP contribution is 2.37. The zero-order valence-corrected chi connectivity index (χ0v) is 12.7. The van der Waals surface area contributed by atoms with Crippen molar-refractivity contribution in [2.75, 3.05) is 6.61 Å². The van der Waals surface area contributed by atoms with Crippen LogP contribution in [0.3, 0.4) is 0 Å². The molecule has 2 nitrogen and oxygen atoms in total. The number of para-hydroxylation sites is 1. The van der Waals surface area contributed by atoms with Crippen molar-refractivity contribution >= 4 is 33.4 Å². The van der Waals surface area contributed by atoms with Gasteiger partial charge in [-0.15, -0.1) is 11.6 Å². The SMILES string of the molecule is CC1CCOC1C(Cl)c1ccc2[nH]c3ccccc3c2c1. The maximum atomic E-state index is 6.69. The van der Waals surface area contributed by atoms with E-state index in [0.29, 0.717) is 5.92 Å². The minimum absolute atomic E-state index is 0.0828. The lowest BCUT2D eigenvalue weighted by Gasteiger charge is -2.21. The molecular formula is C18H18ClNO. The van der Waals surface area contributed by atoms with Crippen molar-refractivity contribution < 1.29 is 4.74 Å². The van der Waals surface area contributed by atoms with Gasteiger partial charge in [0.25, 0.3) is 0 Å². The van der Waals surface area contributed by atoms with Crippen LogP contribution in [0.25, 0.3) is 21.8 Å². The summed E-state index contributed by atoms with van der Waals surface area (Å²) < 4.78 is 5.82. The first-order chi connectivity index (χ1) is 10.2. The Balaban J connectivity index is 1.80. The zero-order valence-electron chi connectivity index (χ0n) is 12.0. The van der Waals surface area contributed by atoms with Gasteiger partial charge in [-0.2, -0.15) is 0 Å². The fraction of sp³-hybridized carbons (Fsp3) is 0.333. The minimum Gasteiger partial charge on any atom is -0.376 e. The molecule has 0 radical (unpaired) electrons. The molecule has 108 valence electrons. The van der Waals surface area contributed by atoms with Gasteiger partial charge >= 0.3 is 0 Å². The molecule has 0 amide bonds. The molecule has 0 saturated carbocycles. The van der Waals surface area contributed by atoms with Crippen molar-refractivity contribution in [1.29, 1.82) is 0 Å². The quantitative estimate of drug-likeness (QED) is 0.660. The molecule has 1 N–H and O–H groups in total. The van der Waals surface area contributed by atoms with Crippen LogP contribution in [-0.2, 0) is 4.74 Å². The van der Waals surface area contributed by atoms with Crippen molar-refractivity contribution in [1.82, 2.24) is 4.98 Å². The second kappa shape index (κ2) is 5.04. The molecule has 21 heavy (non-hydrogen) atoms. The smallest absolute Gasteiger partial charge is 0.0850 e. The van der Waals surface area contributed by atoms with E-state index in [2.05, 4.69) is 54.4 Å². The Morgan fingerprint density at radius 2 is 1.95 bits per heavy atom. The molecule has 2 aromatic carbocycles. The molecule has 1 aliphatic heterocycles. The van der Waals surface area contributed by atoms with E-state index in [1.165, 1.54) is 16.3 Å². The molecule has 3 atom stereocenters. The molecule has 3 unspecified atom stereocenters. The van der Waals surface area contributed by atoms with E-state index in [-0.39, 0.29) is 11.5 Å². The zero-order chi connectivity index (χ0) is 14.4. The number of alkyl halides is 1. The van der Waals surface area contributed by atoms with Gasteiger partial charge in [0.1, 0.15) is 0 Å². The molecular weight excluding hydrogens is 282 g/mol. The van der Waals surface area contributed by atoms with Gasteiger partial charge < -0.3 is 9.72 Å². The molecule has 1 fully saturated rings. The van der Waals surface area contributed by atoms with E-state index >= 15 is 0 Å². The maximum absolute atomic E-state index is 6.69. The van der Waals surface area contributed by atoms with Gasteiger partial charge in [-0.3, -0.25) is 0 Å². The number of nitrogens with one attached hydrogen (secondary N) is 1. The van der Waals surface area contributed by atoms with Crippen LogP contribution < -0.4 is 0 Å². The number of hydrogen-bond acceptors (Lipinski definition) is 1. The van der Waals surface area contributed by atoms with Crippen LogP contribution in [0.1, 0.15) is 24.3 Å². The highest BCUT2D eigenvalue weighted by molar-refractivity contribution is 6.21. The van der Waals surface area contributed by atoms with Crippen molar-refractivity contribution in [2.24, 2.45) is 5.92 Å². The Morgan fingerprint density at radius 3 is 2.76 bits per heavy atom. The number of aromatic amines is 1. The number of halogens is 1. The van der Waals surface area contributed by atoms with E-state index in [9.17, 15) is 0 Å². The highest BCUT2D eigenvalue weighted by Gasteiger charge is 2.31. The molecule has 0 spiro atoms. The van der Waals surface area contributed by atoms with Crippen molar-refractivity contribution in [3.05, 3.63) is 48.0 Å². The fourth-order valence-electron chi connectivity index (χ4n) is 3.32. The second-order valence-electron chi connectivity index (χ2n) is 5.98. The van der Waals surface area contributed by atoms with E-state index in [1.54, 1.807) is 0 Å². The van der Waals surface area contributed by atoms with Gasteiger partial charge in [0, 0.05) is 28.4 Å². The maximum Gasteiger partial charge on any atom is 0.0850 e.